The number of amides is 1. The lowest BCUT2D eigenvalue weighted by Crippen LogP contribution is -2.22. The summed E-state index contributed by atoms with van der Waals surface area (Å²) >= 11 is 7.19. The summed E-state index contributed by atoms with van der Waals surface area (Å²) in [6, 6.07) is 15.0. The third kappa shape index (κ3) is 4.65. The van der Waals surface area contributed by atoms with E-state index in [2.05, 4.69) is 22.4 Å². The SMILES string of the molecule is CCc1ccc(NC(=O)[C@H](C)Sc2nnc(-c3cccc(Cl)c3)o2)cc1. The first-order chi connectivity index (χ1) is 12.5. The monoisotopic (exact) mass is 387 g/mol. The highest BCUT2D eigenvalue weighted by Crippen LogP contribution is 2.27. The van der Waals surface area contributed by atoms with E-state index < -0.39 is 0 Å². The lowest BCUT2D eigenvalue weighted by molar-refractivity contribution is -0.115. The molecule has 1 N–H and O–H groups in total. The fraction of sp³-hybridized carbons (Fsp3) is 0.211. The molecule has 3 aromatic rings. The Morgan fingerprint density at radius 3 is 2.69 bits per heavy atom. The van der Waals surface area contributed by atoms with Crippen LogP contribution < -0.4 is 5.32 Å². The fourth-order valence-corrected chi connectivity index (χ4v) is 3.14. The second-order valence-corrected chi connectivity index (χ2v) is 7.41. The summed E-state index contributed by atoms with van der Waals surface area (Å²) in [7, 11) is 0. The average Bonchev–Trinajstić information content (AvgIpc) is 3.11. The maximum absolute atomic E-state index is 12.4. The number of anilines is 1. The first-order valence-electron chi connectivity index (χ1n) is 8.21. The van der Waals surface area contributed by atoms with Gasteiger partial charge in [0, 0.05) is 16.3 Å². The fourth-order valence-electron chi connectivity index (χ4n) is 2.27. The number of carbonyl (C=O) groups excluding carboxylic acids is 1. The molecule has 0 aliphatic heterocycles. The Kier molecular flexibility index (Phi) is 5.96. The van der Waals surface area contributed by atoms with E-state index in [0.29, 0.717) is 16.1 Å². The molecule has 2 aromatic carbocycles. The third-order valence-corrected chi connectivity index (χ3v) is 4.92. The molecule has 1 heterocycles. The molecule has 0 aliphatic rings. The zero-order valence-corrected chi connectivity index (χ0v) is 16.0. The largest absolute Gasteiger partial charge is 0.411 e. The van der Waals surface area contributed by atoms with Crippen molar-refractivity contribution in [3.8, 4) is 11.5 Å². The minimum absolute atomic E-state index is 0.123. The molecule has 0 saturated carbocycles. The summed E-state index contributed by atoms with van der Waals surface area (Å²) in [5, 5.41) is 11.5. The van der Waals surface area contributed by atoms with Gasteiger partial charge in [0.2, 0.25) is 11.8 Å². The van der Waals surface area contributed by atoms with Crippen molar-refractivity contribution in [2.24, 2.45) is 0 Å². The van der Waals surface area contributed by atoms with Crippen LogP contribution in [0.5, 0.6) is 0 Å². The Labute approximate surface area is 161 Å². The van der Waals surface area contributed by atoms with Crippen LogP contribution in [0.15, 0.2) is 58.2 Å². The van der Waals surface area contributed by atoms with Gasteiger partial charge in [-0.3, -0.25) is 4.79 Å². The van der Waals surface area contributed by atoms with Gasteiger partial charge in [-0.15, -0.1) is 10.2 Å². The summed E-state index contributed by atoms with van der Waals surface area (Å²) in [5.74, 6) is 0.250. The minimum Gasteiger partial charge on any atom is -0.411 e. The summed E-state index contributed by atoms with van der Waals surface area (Å²) in [6.45, 7) is 3.89. The molecule has 0 bridgehead atoms. The van der Waals surface area contributed by atoms with Gasteiger partial charge in [-0.2, -0.15) is 0 Å². The zero-order chi connectivity index (χ0) is 18.5. The molecule has 0 spiro atoms. The maximum atomic E-state index is 12.4. The smallest absolute Gasteiger partial charge is 0.277 e. The maximum Gasteiger partial charge on any atom is 0.277 e. The van der Waals surface area contributed by atoms with Crippen LogP contribution in [-0.4, -0.2) is 21.4 Å². The lowest BCUT2D eigenvalue weighted by atomic mass is 10.1. The van der Waals surface area contributed by atoms with Gasteiger partial charge in [-0.25, -0.2) is 0 Å². The van der Waals surface area contributed by atoms with Crippen molar-refractivity contribution in [3.63, 3.8) is 0 Å². The molecule has 26 heavy (non-hydrogen) atoms. The molecule has 0 fully saturated rings. The number of hydrogen-bond acceptors (Lipinski definition) is 5. The molecule has 0 aliphatic carbocycles. The van der Waals surface area contributed by atoms with Gasteiger partial charge in [0.1, 0.15) is 0 Å². The molecule has 0 unspecified atom stereocenters. The highest BCUT2D eigenvalue weighted by Gasteiger charge is 2.19. The molecule has 1 atom stereocenters. The third-order valence-electron chi connectivity index (χ3n) is 3.75. The molecule has 1 amide bonds. The molecule has 3 rings (SSSR count). The number of nitrogens with zero attached hydrogens (tertiary/aromatic N) is 2. The van der Waals surface area contributed by atoms with Crippen molar-refractivity contribution >= 4 is 35.0 Å². The van der Waals surface area contributed by atoms with Gasteiger partial charge in [0.25, 0.3) is 5.22 Å². The van der Waals surface area contributed by atoms with Crippen LogP contribution in [0.1, 0.15) is 19.4 Å². The van der Waals surface area contributed by atoms with Gasteiger partial charge in [-0.1, -0.05) is 48.5 Å². The Hall–Kier alpha value is -2.31. The molecule has 1 aromatic heterocycles. The quantitative estimate of drug-likeness (QED) is 0.598. The van der Waals surface area contributed by atoms with Crippen LogP contribution in [0.25, 0.3) is 11.5 Å². The van der Waals surface area contributed by atoms with E-state index in [1.54, 1.807) is 19.1 Å². The second kappa shape index (κ2) is 8.38. The van der Waals surface area contributed by atoms with Gasteiger partial charge >= 0.3 is 0 Å². The molecule has 5 nitrogen and oxygen atoms in total. The van der Waals surface area contributed by atoms with Crippen LogP contribution in [-0.2, 0) is 11.2 Å². The highest BCUT2D eigenvalue weighted by atomic mass is 35.5. The standard InChI is InChI=1S/C19H18ClN3O2S/c1-3-13-7-9-16(10-8-13)21-17(24)12(2)26-19-23-22-18(25-19)14-5-4-6-15(20)11-14/h4-12H,3H2,1-2H3,(H,21,24)/t12-/m0/s1. The zero-order valence-electron chi connectivity index (χ0n) is 14.4. The van der Waals surface area contributed by atoms with E-state index in [0.717, 1.165) is 17.7 Å². The van der Waals surface area contributed by atoms with Crippen molar-refractivity contribution < 1.29 is 9.21 Å². The molecule has 0 saturated heterocycles. The van der Waals surface area contributed by atoms with E-state index in [4.69, 9.17) is 16.0 Å². The molecular weight excluding hydrogens is 370 g/mol. The normalized spacial score (nSPS) is 12.0. The molecule has 7 heteroatoms. The Bertz CT molecular complexity index is 896. The molecular formula is C19H18ClN3O2S. The highest BCUT2D eigenvalue weighted by molar-refractivity contribution is 8.00. The van der Waals surface area contributed by atoms with Gasteiger partial charge in [0.15, 0.2) is 0 Å². The minimum atomic E-state index is -0.381. The van der Waals surface area contributed by atoms with E-state index in [1.807, 2.05) is 36.4 Å². The number of thioether (sulfide) groups is 1. The summed E-state index contributed by atoms with van der Waals surface area (Å²) in [6.07, 6.45) is 0.965. The average molecular weight is 388 g/mol. The first-order valence-corrected chi connectivity index (χ1v) is 9.47. The number of hydrogen-bond donors (Lipinski definition) is 1. The predicted molar refractivity (Wildman–Crippen MR) is 105 cm³/mol. The van der Waals surface area contributed by atoms with E-state index >= 15 is 0 Å². The van der Waals surface area contributed by atoms with Crippen molar-refractivity contribution in [3.05, 3.63) is 59.1 Å². The lowest BCUT2D eigenvalue weighted by Gasteiger charge is -2.10. The van der Waals surface area contributed by atoms with Crippen molar-refractivity contribution in [2.45, 2.75) is 30.7 Å². The number of nitrogens with one attached hydrogen (secondary N) is 1. The Morgan fingerprint density at radius 1 is 1.23 bits per heavy atom. The van der Waals surface area contributed by atoms with E-state index in [-0.39, 0.29) is 11.2 Å². The van der Waals surface area contributed by atoms with Crippen molar-refractivity contribution in [1.29, 1.82) is 0 Å². The Morgan fingerprint density at radius 2 is 2.00 bits per heavy atom. The first kappa shape index (κ1) is 18.5. The van der Waals surface area contributed by atoms with Crippen LogP contribution in [0.2, 0.25) is 5.02 Å². The predicted octanol–water partition coefficient (Wildman–Crippen LogP) is 5.07. The number of rotatable bonds is 6. The van der Waals surface area contributed by atoms with Crippen molar-refractivity contribution in [2.75, 3.05) is 5.32 Å². The Balaban J connectivity index is 1.62. The summed E-state index contributed by atoms with van der Waals surface area (Å²) in [5.41, 5.74) is 2.74. The van der Waals surface area contributed by atoms with Crippen LogP contribution in [0, 0.1) is 0 Å². The van der Waals surface area contributed by atoms with E-state index in [9.17, 15) is 4.79 Å². The molecule has 0 radical (unpaired) electrons. The van der Waals surface area contributed by atoms with Gasteiger partial charge in [-0.05, 0) is 49.2 Å². The number of benzene rings is 2. The van der Waals surface area contributed by atoms with Crippen LogP contribution in [0.3, 0.4) is 0 Å². The topological polar surface area (TPSA) is 68.0 Å². The van der Waals surface area contributed by atoms with Crippen molar-refractivity contribution in [1.82, 2.24) is 10.2 Å². The number of aryl methyl sites for hydroxylation is 1. The summed E-state index contributed by atoms with van der Waals surface area (Å²) in [4.78, 5) is 12.4. The van der Waals surface area contributed by atoms with Gasteiger partial charge < -0.3 is 9.73 Å². The summed E-state index contributed by atoms with van der Waals surface area (Å²) < 4.78 is 5.63. The van der Waals surface area contributed by atoms with Crippen LogP contribution >= 0.6 is 23.4 Å². The number of halogens is 1. The molecule has 134 valence electrons. The van der Waals surface area contributed by atoms with Crippen LogP contribution in [0.4, 0.5) is 5.69 Å². The van der Waals surface area contributed by atoms with Gasteiger partial charge in [0.05, 0.1) is 5.25 Å². The number of carbonyl (C=O) groups is 1. The second-order valence-electron chi connectivity index (χ2n) is 5.68. The number of aromatic nitrogens is 2. The van der Waals surface area contributed by atoms with E-state index in [1.165, 1.54) is 17.3 Å².